The molecule has 0 saturated heterocycles. The molecular weight excluding hydrogens is 857 g/mol. The molecule has 0 aliphatic rings. The quantitative estimate of drug-likeness (QED) is 0.107. The van der Waals surface area contributed by atoms with E-state index in [9.17, 15) is 0 Å². The van der Waals surface area contributed by atoms with Gasteiger partial charge in [-0.25, -0.2) is 0 Å². The van der Waals surface area contributed by atoms with Gasteiger partial charge in [-0.3, -0.25) is 0 Å². The first kappa shape index (κ1) is 48.3. The third-order valence-corrected chi connectivity index (χ3v) is 97.3. The van der Waals surface area contributed by atoms with Crippen LogP contribution in [0, 0.1) is 0 Å². The second-order valence-corrected chi connectivity index (χ2v) is 69.0. The zero-order valence-corrected chi connectivity index (χ0v) is 47.8. The van der Waals surface area contributed by atoms with Crippen molar-refractivity contribution in [1.29, 1.82) is 0 Å². The van der Waals surface area contributed by atoms with Crippen LogP contribution < -0.4 is 31.1 Å². The van der Waals surface area contributed by atoms with Crippen molar-refractivity contribution in [3.8, 4) is 0 Å². The van der Waals surface area contributed by atoms with E-state index >= 15 is 0 Å². The zero-order valence-electron chi connectivity index (χ0n) is 40.8. The third-order valence-electron chi connectivity index (χ3n) is 16.2. The fourth-order valence-electron chi connectivity index (χ4n) is 15.4. The molecule has 7 heteroatoms. The minimum atomic E-state index is -2.81. The molecule has 6 aromatic carbocycles. The molecule has 0 bridgehead atoms. The third kappa shape index (κ3) is 6.77. The highest BCUT2D eigenvalue weighted by atomic mass is 29.3. The number of rotatable bonds is 12. The minimum Gasteiger partial charge on any atom is -0.0709 e. The Balaban J connectivity index is 2.00. The molecule has 0 spiro atoms. The predicted octanol–water partition coefficient (Wildman–Crippen LogP) is 11.5. The summed E-state index contributed by atoms with van der Waals surface area (Å²) >= 11 is 0. The van der Waals surface area contributed by atoms with Crippen molar-refractivity contribution in [3.63, 3.8) is 0 Å². The minimum absolute atomic E-state index is 0.0187. The summed E-state index contributed by atoms with van der Waals surface area (Å²) in [5, 5.41) is 9.51. The van der Waals surface area contributed by atoms with Crippen LogP contribution in [0.4, 0.5) is 0 Å². The van der Waals surface area contributed by atoms with E-state index < -0.39 is 45.5 Å². The van der Waals surface area contributed by atoms with Gasteiger partial charge in [0.1, 0.15) is 22.8 Å². The lowest BCUT2D eigenvalue weighted by Gasteiger charge is -2.75. The molecule has 0 aliphatic carbocycles. The summed E-state index contributed by atoms with van der Waals surface area (Å²) in [5.74, 6) is 0. The molecule has 0 aliphatic heterocycles. The van der Waals surface area contributed by atoms with Gasteiger partial charge < -0.3 is 0 Å². The van der Waals surface area contributed by atoms with E-state index in [4.69, 9.17) is 10.2 Å². The summed E-state index contributed by atoms with van der Waals surface area (Å²) in [4.78, 5) is 0. The van der Waals surface area contributed by atoms with E-state index in [2.05, 4.69) is 284 Å². The molecule has 0 fully saturated rings. The van der Waals surface area contributed by atoms with Gasteiger partial charge in [-0.15, -0.1) is 0 Å². The van der Waals surface area contributed by atoms with Gasteiger partial charge in [0.25, 0.3) is 0 Å². The highest BCUT2D eigenvalue weighted by molar-refractivity contribution is 7.72. The first-order valence-electron chi connectivity index (χ1n) is 23.0. The fourth-order valence-corrected chi connectivity index (χ4v) is 130. The molecule has 6 rings (SSSR count). The van der Waals surface area contributed by atoms with E-state index in [1.807, 2.05) is 0 Å². The largest absolute Gasteiger partial charge is 0.115 e. The molecule has 0 aromatic heterocycles. The highest BCUT2D eigenvalue weighted by Crippen LogP contribution is 2.65. The van der Waals surface area contributed by atoms with Crippen molar-refractivity contribution in [2.45, 2.75) is 121 Å². The first-order chi connectivity index (χ1) is 28.9. The highest BCUT2D eigenvalue weighted by Gasteiger charge is 2.80. The van der Waals surface area contributed by atoms with Crippen LogP contribution in [0.15, 0.2) is 182 Å². The molecule has 0 heterocycles. The van der Waals surface area contributed by atoms with E-state index in [-0.39, 0.29) is 19.0 Å². The molecule has 0 amide bonds. The monoisotopic (exact) mass is 931 g/mol. The zero-order chi connectivity index (χ0) is 45.7. The van der Waals surface area contributed by atoms with Crippen molar-refractivity contribution < 1.29 is 0 Å². The average molecular weight is 933 g/mol. The van der Waals surface area contributed by atoms with E-state index in [1.54, 1.807) is 31.1 Å². The van der Waals surface area contributed by atoms with Crippen LogP contribution in [-0.2, 0) is 0 Å². The van der Waals surface area contributed by atoms with Crippen LogP contribution in [0.3, 0.4) is 0 Å². The molecule has 0 nitrogen and oxygen atoms in total. The van der Waals surface area contributed by atoms with Gasteiger partial charge >= 0.3 is 0 Å². The lowest BCUT2D eigenvalue weighted by Crippen LogP contribution is -2.97. The molecule has 0 unspecified atom stereocenters. The van der Waals surface area contributed by atoms with Gasteiger partial charge in [0, 0.05) is 10.2 Å². The number of benzene rings is 6. The lowest BCUT2D eigenvalue weighted by molar-refractivity contribution is 0.738. The maximum absolute atomic E-state index is 5.70. The van der Waals surface area contributed by atoms with Crippen LogP contribution in [0.5, 0.6) is 0 Å². The summed E-state index contributed by atoms with van der Waals surface area (Å²) < 4.78 is -0.158. The molecule has 323 valence electrons. The standard InChI is InChI=1S/C55H75Si7/c1-52(2,3)60(46-34-22-16-23-35-46,47-36-24-17-25-37-47)57(10,11)55(56,58(12,13)61(53(4,5)6,48-38-26-18-27-39-48)49-40-28-19-29-41-49)59(14,15)62(54(7,8)9,50-42-30-20-31-43-50)51-44-32-21-33-45-51/h16-45H,1-15H3. The summed E-state index contributed by atoms with van der Waals surface area (Å²) in [5.41, 5.74) is 0. The Bertz CT molecular complexity index is 1980. The van der Waals surface area contributed by atoms with Gasteiger partial charge in [-0.2, -0.15) is 0 Å². The van der Waals surface area contributed by atoms with Crippen LogP contribution in [-0.4, -0.2) is 55.8 Å². The van der Waals surface area contributed by atoms with E-state index in [0.29, 0.717) is 0 Å². The van der Waals surface area contributed by atoms with Crippen LogP contribution in [0.1, 0.15) is 62.3 Å². The molecular formula is C55H75Si7. The number of hydrogen-bond donors (Lipinski definition) is 0. The Morgan fingerprint density at radius 2 is 0.387 bits per heavy atom. The summed E-state index contributed by atoms with van der Waals surface area (Å²) in [6.45, 7) is 41.4. The SMILES string of the molecule is CC(C)(C)[Si](c1ccccc1)(c1ccccc1)[Si](C)(C)C([Si])([Si](C)(C)[Si](c1ccccc1)(c1ccccc1)C(C)(C)C)[Si](C)(C)[Si](c1ccccc1)(c1ccccc1)C(C)(C)C. The Labute approximate surface area is 386 Å². The smallest absolute Gasteiger partial charge is 0.0709 e. The van der Waals surface area contributed by atoms with Crippen molar-refractivity contribution in [1.82, 2.24) is 0 Å². The van der Waals surface area contributed by atoms with Crippen molar-refractivity contribution in [2.75, 3.05) is 0 Å². The molecule has 3 radical (unpaired) electrons. The van der Waals surface area contributed by atoms with Crippen molar-refractivity contribution in [3.05, 3.63) is 182 Å². The lowest BCUT2D eigenvalue weighted by atomic mass is 10.2. The summed E-state index contributed by atoms with van der Waals surface area (Å²) in [6.07, 6.45) is 0. The fraction of sp³-hybridized carbons (Fsp3) is 0.345. The second-order valence-electron chi connectivity index (χ2n) is 22.8. The van der Waals surface area contributed by atoms with Crippen LogP contribution >= 0.6 is 0 Å². The Hall–Kier alpha value is -3.16. The Kier molecular flexibility index (Phi) is 13.2. The molecule has 0 atom stereocenters. The van der Waals surface area contributed by atoms with E-state index in [0.717, 1.165) is 0 Å². The van der Waals surface area contributed by atoms with Gasteiger partial charge in [-0.1, -0.05) is 319 Å². The van der Waals surface area contributed by atoms with Crippen molar-refractivity contribution >= 4 is 86.9 Å². The summed E-state index contributed by atoms with van der Waals surface area (Å²) in [6, 6.07) is 72.3. The molecule has 0 saturated carbocycles. The normalized spacial score (nSPS) is 14.1. The van der Waals surface area contributed by atoms with Crippen molar-refractivity contribution in [2.24, 2.45) is 0 Å². The second kappa shape index (κ2) is 17.0. The van der Waals surface area contributed by atoms with Gasteiger partial charge in [0.15, 0.2) is 0 Å². The Morgan fingerprint density at radius 3 is 0.500 bits per heavy atom. The van der Waals surface area contributed by atoms with Crippen LogP contribution in [0.2, 0.25) is 58.3 Å². The number of hydrogen-bond acceptors (Lipinski definition) is 0. The summed E-state index contributed by atoms with van der Waals surface area (Å²) in [7, 11) is -11.1. The Morgan fingerprint density at radius 1 is 0.258 bits per heavy atom. The first-order valence-corrected chi connectivity index (χ1v) is 41.5. The molecule has 6 aromatic rings. The molecule has 62 heavy (non-hydrogen) atoms. The maximum atomic E-state index is 5.70. The van der Waals surface area contributed by atoms with Crippen LogP contribution in [0.25, 0.3) is 0 Å². The predicted molar refractivity (Wildman–Crippen MR) is 294 cm³/mol. The molecule has 0 N–H and O–H groups in total. The van der Waals surface area contributed by atoms with Gasteiger partial charge in [-0.05, 0) is 15.1 Å². The van der Waals surface area contributed by atoms with Gasteiger partial charge in [0.2, 0.25) is 0 Å². The maximum Gasteiger partial charge on any atom is 0.115 e. The van der Waals surface area contributed by atoms with Gasteiger partial charge in [0.05, 0.1) is 22.8 Å². The topological polar surface area (TPSA) is 0 Å². The van der Waals surface area contributed by atoms with E-state index in [1.165, 1.54) is 0 Å². The average Bonchev–Trinajstić information content (AvgIpc) is 3.21.